The zero-order chi connectivity index (χ0) is 16.4. The van der Waals surface area contributed by atoms with E-state index in [0.717, 1.165) is 32.2 Å². The summed E-state index contributed by atoms with van der Waals surface area (Å²) in [6.07, 6.45) is 7.38. The highest BCUT2D eigenvalue weighted by Gasteiger charge is 2.40. The second kappa shape index (κ2) is 6.75. The topological polar surface area (TPSA) is 59.2 Å². The third kappa shape index (κ3) is 3.35. The molecule has 0 bridgehead atoms. The van der Waals surface area contributed by atoms with E-state index in [1.165, 1.54) is 18.4 Å². The van der Waals surface area contributed by atoms with E-state index in [1.54, 1.807) is 0 Å². The van der Waals surface area contributed by atoms with Gasteiger partial charge in [0.2, 0.25) is 12.3 Å². The summed E-state index contributed by atoms with van der Waals surface area (Å²) in [5.41, 5.74) is 1.38. The molecule has 1 aromatic carbocycles. The summed E-state index contributed by atoms with van der Waals surface area (Å²) in [6.45, 7) is 0.814. The van der Waals surface area contributed by atoms with Gasteiger partial charge in [-0.3, -0.25) is 4.79 Å². The summed E-state index contributed by atoms with van der Waals surface area (Å²) in [5, 5.41) is 3.96. The Labute approximate surface area is 142 Å². The van der Waals surface area contributed by atoms with Gasteiger partial charge in [-0.25, -0.2) is 0 Å². The van der Waals surface area contributed by atoms with Crippen molar-refractivity contribution >= 4 is 5.91 Å². The molecule has 3 atom stereocenters. The van der Waals surface area contributed by atoms with Crippen molar-refractivity contribution in [1.29, 1.82) is 0 Å². The number of benzene rings is 1. The molecule has 1 amide bonds. The number of nitrogens with zero attached hydrogens (tertiary/aromatic N) is 3. The maximum absolute atomic E-state index is 12.8. The van der Waals surface area contributed by atoms with Crippen molar-refractivity contribution in [3.63, 3.8) is 0 Å². The number of likely N-dealkylation sites (tertiary alicyclic amines) is 1. The van der Waals surface area contributed by atoms with Crippen LogP contribution in [0.2, 0.25) is 0 Å². The van der Waals surface area contributed by atoms with Gasteiger partial charge in [0.25, 0.3) is 0 Å². The predicted octanol–water partition coefficient (Wildman–Crippen LogP) is 3.39. The van der Waals surface area contributed by atoms with Crippen molar-refractivity contribution in [2.75, 3.05) is 6.54 Å². The summed E-state index contributed by atoms with van der Waals surface area (Å²) in [4.78, 5) is 18.9. The Kier molecular flexibility index (Phi) is 4.32. The quantitative estimate of drug-likeness (QED) is 0.845. The number of amides is 1. The highest BCUT2D eigenvalue weighted by atomic mass is 16.5. The number of hydrogen-bond acceptors (Lipinski definition) is 4. The Morgan fingerprint density at radius 3 is 2.88 bits per heavy atom. The van der Waals surface area contributed by atoms with E-state index in [4.69, 9.17) is 4.52 Å². The highest BCUT2D eigenvalue weighted by molar-refractivity contribution is 5.77. The van der Waals surface area contributed by atoms with Crippen LogP contribution >= 0.6 is 0 Å². The minimum absolute atomic E-state index is 0.00340. The molecule has 1 aromatic heterocycles. The summed E-state index contributed by atoms with van der Waals surface area (Å²) >= 11 is 0. The molecule has 2 fully saturated rings. The number of hydrogen-bond donors (Lipinski definition) is 0. The van der Waals surface area contributed by atoms with Gasteiger partial charge in [-0.05, 0) is 49.5 Å². The zero-order valence-corrected chi connectivity index (χ0v) is 13.8. The van der Waals surface area contributed by atoms with E-state index >= 15 is 0 Å². The lowest BCUT2D eigenvalue weighted by Gasteiger charge is -2.34. The molecular formula is C19H23N3O2. The molecule has 4 rings (SSSR count). The van der Waals surface area contributed by atoms with Crippen molar-refractivity contribution in [1.82, 2.24) is 15.0 Å². The summed E-state index contributed by atoms with van der Waals surface area (Å²) in [7, 11) is 0. The lowest BCUT2D eigenvalue weighted by Crippen LogP contribution is -2.39. The van der Waals surface area contributed by atoms with Gasteiger partial charge in [-0.1, -0.05) is 35.5 Å². The Balaban J connectivity index is 1.34. The molecule has 1 saturated carbocycles. The van der Waals surface area contributed by atoms with Crippen LogP contribution in [-0.4, -0.2) is 27.5 Å². The van der Waals surface area contributed by atoms with Crippen LogP contribution in [0.4, 0.5) is 0 Å². The molecule has 0 N–H and O–H groups in total. The van der Waals surface area contributed by atoms with Gasteiger partial charge in [-0.2, -0.15) is 4.98 Å². The first kappa shape index (κ1) is 15.4. The number of rotatable bonds is 5. The Morgan fingerprint density at radius 1 is 1.21 bits per heavy atom. The third-order valence-electron chi connectivity index (χ3n) is 5.35. The van der Waals surface area contributed by atoms with Crippen LogP contribution < -0.4 is 0 Å². The molecule has 2 heterocycles. The van der Waals surface area contributed by atoms with E-state index in [2.05, 4.69) is 34.4 Å². The Bertz CT molecular complexity index is 671. The van der Waals surface area contributed by atoms with E-state index in [9.17, 15) is 4.79 Å². The molecule has 126 valence electrons. The minimum Gasteiger partial charge on any atom is -0.343 e. The molecule has 5 nitrogen and oxygen atoms in total. The first-order valence-corrected chi connectivity index (χ1v) is 8.91. The normalized spacial score (nSPS) is 26.3. The molecule has 0 radical (unpaired) electrons. The van der Waals surface area contributed by atoms with E-state index in [-0.39, 0.29) is 11.9 Å². The smallest absolute Gasteiger partial charge is 0.223 e. The summed E-state index contributed by atoms with van der Waals surface area (Å²) in [5.74, 6) is 2.10. The van der Waals surface area contributed by atoms with Crippen LogP contribution in [0.15, 0.2) is 41.2 Å². The van der Waals surface area contributed by atoms with Gasteiger partial charge in [-0.15, -0.1) is 0 Å². The first-order chi connectivity index (χ1) is 11.8. The van der Waals surface area contributed by atoms with Gasteiger partial charge in [0.05, 0.1) is 6.04 Å². The van der Waals surface area contributed by atoms with Crippen molar-refractivity contribution in [3.05, 3.63) is 48.1 Å². The molecule has 1 unspecified atom stereocenters. The maximum atomic E-state index is 12.8. The number of piperidine rings is 1. The van der Waals surface area contributed by atoms with Gasteiger partial charge in [0.1, 0.15) is 0 Å². The number of carbonyl (C=O) groups is 1. The number of carbonyl (C=O) groups excluding carboxylic acids is 1. The monoisotopic (exact) mass is 325 g/mol. The van der Waals surface area contributed by atoms with Crippen LogP contribution in [0.3, 0.4) is 0 Å². The molecule has 1 aliphatic heterocycles. The summed E-state index contributed by atoms with van der Waals surface area (Å²) in [6, 6.07) is 10.6. The molecule has 1 saturated heterocycles. The van der Waals surface area contributed by atoms with E-state index < -0.39 is 0 Å². The van der Waals surface area contributed by atoms with Crippen LogP contribution in [-0.2, 0) is 11.2 Å². The average molecular weight is 325 g/mol. The minimum atomic E-state index is -0.00340. The van der Waals surface area contributed by atoms with Crippen LogP contribution in [0.5, 0.6) is 0 Å². The van der Waals surface area contributed by atoms with Gasteiger partial charge in [0.15, 0.2) is 5.82 Å². The lowest BCUT2D eigenvalue weighted by atomic mass is 10.00. The molecule has 0 spiro atoms. The SMILES string of the molecule is O=C(C[C@@H]1C[C@H]1Cc1ccccc1)N1CCCCC1c1ncon1. The Hall–Kier alpha value is -2.17. The largest absolute Gasteiger partial charge is 0.343 e. The van der Waals surface area contributed by atoms with E-state index in [1.807, 2.05) is 11.0 Å². The van der Waals surface area contributed by atoms with Crippen molar-refractivity contribution in [2.24, 2.45) is 11.8 Å². The molecule has 2 aromatic rings. The Morgan fingerprint density at radius 2 is 2.08 bits per heavy atom. The second-order valence-electron chi connectivity index (χ2n) is 7.04. The fraction of sp³-hybridized carbons (Fsp3) is 0.526. The van der Waals surface area contributed by atoms with Crippen molar-refractivity contribution in [3.8, 4) is 0 Å². The fourth-order valence-corrected chi connectivity index (χ4v) is 3.89. The predicted molar refractivity (Wildman–Crippen MR) is 89.0 cm³/mol. The summed E-state index contributed by atoms with van der Waals surface area (Å²) < 4.78 is 4.87. The first-order valence-electron chi connectivity index (χ1n) is 8.91. The fourth-order valence-electron chi connectivity index (χ4n) is 3.89. The van der Waals surface area contributed by atoms with Crippen LogP contribution in [0, 0.1) is 11.8 Å². The molecule has 5 heteroatoms. The molecule has 1 aliphatic carbocycles. The second-order valence-corrected chi connectivity index (χ2v) is 7.04. The third-order valence-corrected chi connectivity index (χ3v) is 5.35. The molecular weight excluding hydrogens is 302 g/mol. The number of aromatic nitrogens is 2. The van der Waals surface area contributed by atoms with Gasteiger partial charge >= 0.3 is 0 Å². The van der Waals surface area contributed by atoms with Gasteiger partial charge < -0.3 is 9.42 Å². The standard InChI is InChI=1S/C19H23N3O2/c23-18(12-16-11-15(16)10-14-6-2-1-3-7-14)22-9-5-4-8-17(22)19-20-13-24-21-19/h1-3,6-7,13,15-17H,4-5,8-12H2/t15-,16+,17?/m1/s1. The highest BCUT2D eigenvalue weighted by Crippen LogP contribution is 2.44. The zero-order valence-electron chi connectivity index (χ0n) is 13.8. The maximum Gasteiger partial charge on any atom is 0.223 e. The van der Waals surface area contributed by atoms with E-state index in [0.29, 0.717) is 24.1 Å². The average Bonchev–Trinajstić information content (AvgIpc) is 3.12. The molecule has 2 aliphatic rings. The van der Waals surface area contributed by atoms with Gasteiger partial charge in [0, 0.05) is 13.0 Å². The van der Waals surface area contributed by atoms with Crippen molar-refractivity contribution < 1.29 is 9.32 Å². The lowest BCUT2D eigenvalue weighted by molar-refractivity contribution is -0.135. The van der Waals surface area contributed by atoms with Crippen molar-refractivity contribution in [2.45, 2.75) is 44.6 Å². The van der Waals surface area contributed by atoms with Crippen LogP contribution in [0.1, 0.15) is 49.5 Å². The van der Waals surface area contributed by atoms with Crippen LogP contribution in [0.25, 0.3) is 0 Å². The molecule has 24 heavy (non-hydrogen) atoms.